The smallest absolute Gasteiger partial charge is 0.326 e. The number of anilines is 1. The Morgan fingerprint density at radius 2 is 2.31 bits per heavy atom. The van der Waals surface area contributed by atoms with Crippen molar-refractivity contribution in [2.24, 2.45) is 0 Å². The maximum Gasteiger partial charge on any atom is 0.326 e. The lowest BCUT2D eigenvalue weighted by atomic mass is 10.00. The van der Waals surface area contributed by atoms with Gasteiger partial charge in [0.1, 0.15) is 11.9 Å². The highest BCUT2D eigenvalue weighted by molar-refractivity contribution is 5.78. The van der Waals surface area contributed by atoms with E-state index in [4.69, 9.17) is 5.11 Å². The largest absolute Gasteiger partial charge is 0.480 e. The molecule has 0 saturated carbocycles. The quantitative estimate of drug-likeness (QED) is 0.834. The van der Waals surface area contributed by atoms with E-state index in [1.807, 2.05) is 4.90 Å². The maximum atomic E-state index is 13.0. The summed E-state index contributed by atoms with van der Waals surface area (Å²) in [5.74, 6) is -1.11. The van der Waals surface area contributed by atoms with Crippen molar-refractivity contribution < 1.29 is 14.3 Å². The molecule has 1 heterocycles. The lowest BCUT2D eigenvalue weighted by Crippen LogP contribution is -2.42. The first-order valence-corrected chi connectivity index (χ1v) is 5.37. The third kappa shape index (κ3) is 1.87. The fourth-order valence-electron chi connectivity index (χ4n) is 2.13. The van der Waals surface area contributed by atoms with Gasteiger partial charge in [0.25, 0.3) is 0 Å². The molecule has 1 unspecified atom stereocenters. The predicted octanol–water partition coefficient (Wildman–Crippen LogP) is 2.05. The van der Waals surface area contributed by atoms with Gasteiger partial charge in [-0.1, -0.05) is 0 Å². The van der Waals surface area contributed by atoms with Crippen molar-refractivity contribution in [2.75, 3.05) is 11.4 Å². The molecule has 4 heteroatoms. The van der Waals surface area contributed by atoms with Crippen LogP contribution in [0.25, 0.3) is 0 Å². The van der Waals surface area contributed by atoms with E-state index >= 15 is 0 Å². The molecule has 0 spiro atoms. The molecule has 1 atom stereocenters. The number of nitrogens with zero attached hydrogens (tertiary/aromatic N) is 1. The molecule has 0 bridgehead atoms. The second-order valence-corrected chi connectivity index (χ2v) is 4.08. The second kappa shape index (κ2) is 4.12. The Labute approximate surface area is 93.5 Å². The molecule has 16 heavy (non-hydrogen) atoms. The number of carbonyl (C=O) groups is 1. The standard InChI is InChI=1S/C12H14FNO2/c1-8(12(15)16)14-6-2-3-9-7-10(13)4-5-11(9)14/h4-5,7-8H,2-3,6H2,1H3,(H,15,16). The predicted molar refractivity (Wildman–Crippen MR) is 59.2 cm³/mol. The molecular weight excluding hydrogens is 209 g/mol. The van der Waals surface area contributed by atoms with E-state index in [2.05, 4.69) is 0 Å². The first-order valence-electron chi connectivity index (χ1n) is 5.37. The highest BCUT2D eigenvalue weighted by atomic mass is 19.1. The summed E-state index contributed by atoms with van der Waals surface area (Å²) >= 11 is 0. The number of hydrogen-bond acceptors (Lipinski definition) is 2. The van der Waals surface area contributed by atoms with E-state index in [0.717, 1.165) is 24.1 Å². The van der Waals surface area contributed by atoms with Gasteiger partial charge in [0, 0.05) is 12.2 Å². The topological polar surface area (TPSA) is 40.5 Å². The summed E-state index contributed by atoms with van der Waals surface area (Å²) in [5, 5.41) is 9.00. The zero-order valence-electron chi connectivity index (χ0n) is 9.11. The minimum Gasteiger partial charge on any atom is -0.480 e. The van der Waals surface area contributed by atoms with Gasteiger partial charge in [-0.25, -0.2) is 9.18 Å². The Bertz CT molecular complexity index is 419. The molecule has 0 saturated heterocycles. The second-order valence-electron chi connectivity index (χ2n) is 4.08. The average Bonchev–Trinajstić information content (AvgIpc) is 2.26. The van der Waals surface area contributed by atoms with E-state index < -0.39 is 12.0 Å². The molecular formula is C12H14FNO2. The fraction of sp³-hybridized carbons (Fsp3) is 0.417. The van der Waals surface area contributed by atoms with Crippen LogP contribution in [0.3, 0.4) is 0 Å². The molecule has 0 aromatic heterocycles. The molecule has 0 amide bonds. The molecule has 3 nitrogen and oxygen atoms in total. The van der Waals surface area contributed by atoms with Gasteiger partial charge in [-0.3, -0.25) is 0 Å². The number of aryl methyl sites for hydroxylation is 1. The number of carboxylic acids is 1. The van der Waals surface area contributed by atoms with Crippen LogP contribution >= 0.6 is 0 Å². The highest BCUT2D eigenvalue weighted by Crippen LogP contribution is 2.29. The van der Waals surface area contributed by atoms with E-state index in [0.29, 0.717) is 6.54 Å². The first-order chi connectivity index (χ1) is 7.59. The van der Waals surface area contributed by atoms with Crippen LogP contribution in [0.1, 0.15) is 18.9 Å². The third-order valence-corrected chi connectivity index (χ3v) is 3.02. The van der Waals surface area contributed by atoms with Gasteiger partial charge in [0.15, 0.2) is 0 Å². The van der Waals surface area contributed by atoms with Crippen LogP contribution in [0.2, 0.25) is 0 Å². The van der Waals surface area contributed by atoms with Gasteiger partial charge in [0.05, 0.1) is 0 Å². The molecule has 1 aromatic rings. The zero-order valence-corrected chi connectivity index (χ0v) is 9.11. The van der Waals surface area contributed by atoms with Crippen LogP contribution in [0.15, 0.2) is 18.2 Å². The zero-order chi connectivity index (χ0) is 11.7. The molecule has 1 N–H and O–H groups in total. The molecule has 1 aliphatic rings. The first kappa shape index (κ1) is 10.9. The molecule has 1 aliphatic heterocycles. The summed E-state index contributed by atoms with van der Waals surface area (Å²) in [6, 6.07) is 3.98. The SMILES string of the molecule is CC(C(=O)O)N1CCCc2cc(F)ccc21. The number of benzene rings is 1. The molecule has 0 aliphatic carbocycles. The minimum atomic E-state index is -0.850. The molecule has 0 fully saturated rings. The summed E-state index contributed by atoms with van der Waals surface area (Å²) in [5.41, 5.74) is 1.75. The van der Waals surface area contributed by atoms with Crippen molar-refractivity contribution in [1.29, 1.82) is 0 Å². The van der Waals surface area contributed by atoms with E-state index in [1.54, 1.807) is 13.0 Å². The van der Waals surface area contributed by atoms with Crippen LogP contribution in [-0.2, 0) is 11.2 Å². The van der Waals surface area contributed by atoms with Crippen LogP contribution in [-0.4, -0.2) is 23.7 Å². The Kier molecular flexibility index (Phi) is 2.81. The number of aliphatic carboxylic acids is 1. The molecule has 0 radical (unpaired) electrons. The van der Waals surface area contributed by atoms with Crippen molar-refractivity contribution >= 4 is 11.7 Å². The Balaban J connectivity index is 2.36. The summed E-state index contributed by atoms with van der Waals surface area (Å²) < 4.78 is 13.0. The van der Waals surface area contributed by atoms with Crippen LogP contribution in [0.5, 0.6) is 0 Å². The van der Waals surface area contributed by atoms with Crippen molar-refractivity contribution in [3.8, 4) is 0 Å². The van der Waals surface area contributed by atoms with Crippen molar-refractivity contribution in [1.82, 2.24) is 0 Å². The van der Waals surface area contributed by atoms with Gasteiger partial charge >= 0.3 is 5.97 Å². The summed E-state index contributed by atoms with van der Waals surface area (Å²) in [6.07, 6.45) is 1.68. The Hall–Kier alpha value is -1.58. The van der Waals surface area contributed by atoms with Gasteiger partial charge in [-0.05, 0) is 43.5 Å². The van der Waals surface area contributed by atoms with Gasteiger partial charge < -0.3 is 10.0 Å². The van der Waals surface area contributed by atoms with Crippen LogP contribution in [0.4, 0.5) is 10.1 Å². The van der Waals surface area contributed by atoms with Crippen molar-refractivity contribution in [3.05, 3.63) is 29.6 Å². The lowest BCUT2D eigenvalue weighted by molar-refractivity contribution is -0.138. The maximum absolute atomic E-state index is 13.0. The number of hydrogen-bond donors (Lipinski definition) is 1. The van der Waals surface area contributed by atoms with E-state index in [-0.39, 0.29) is 5.82 Å². The number of rotatable bonds is 2. The van der Waals surface area contributed by atoms with Crippen LogP contribution in [0, 0.1) is 5.82 Å². The summed E-state index contributed by atoms with van der Waals surface area (Å²) in [4.78, 5) is 12.8. The Morgan fingerprint density at radius 1 is 1.56 bits per heavy atom. The number of fused-ring (bicyclic) bond motifs is 1. The minimum absolute atomic E-state index is 0.261. The fourth-order valence-corrected chi connectivity index (χ4v) is 2.13. The molecule has 2 rings (SSSR count). The Morgan fingerprint density at radius 3 is 3.00 bits per heavy atom. The number of halogens is 1. The van der Waals surface area contributed by atoms with Crippen molar-refractivity contribution in [2.45, 2.75) is 25.8 Å². The summed E-state index contributed by atoms with van der Waals surface area (Å²) in [7, 11) is 0. The van der Waals surface area contributed by atoms with Gasteiger partial charge in [-0.2, -0.15) is 0 Å². The van der Waals surface area contributed by atoms with E-state index in [9.17, 15) is 9.18 Å². The number of carboxylic acid groups (broad SMARTS) is 1. The highest BCUT2D eigenvalue weighted by Gasteiger charge is 2.25. The van der Waals surface area contributed by atoms with Crippen LogP contribution < -0.4 is 4.90 Å². The normalized spacial score (nSPS) is 16.8. The third-order valence-electron chi connectivity index (χ3n) is 3.02. The molecule has 86 valence electrons. The monoisotopic (exact) mass is 223 g/mol. The average molecular weight is 223 g/mol. The van der Waals surface area contributed by atoms with E-state index in [1.165, 1.54) is 12.1 Å². The summed E-state index contributed by atoms with van der Waals surface area (Å²) in [6.45, 7) is 2.37. The van der Waals surface area contributed by atoms with Gasteiger partial charge in [0.2, 0.25) is 0 Å². The lowest BCUT2D eigenvalue weighted by Gasteiger charge is -2.34. The van der Waals surface area contributed by atoms with Crippen molar-refractivity contribution in [3.63, 3.8) is 0 Å². The molecule has 1 aromatic carbocycles. The van der Waals surface area contributed by atoms with Gasteiger partial charge in [-0.15, -0.1) is 0 Å².